The van der Waals surface area contributed by atoms with Crippen LogP contribution in [0.4, 0.5) is 10.8 Å². The lowest BCUT2D eigenvalue weighted by atomic mass is 10.1. The molecule has 19 heavy (non-hydrogen) atoms. The molecule has 7 heteroatoms. The molecule has 3 rings (SSSR count). The molecule has 0 spiro atoms. The van der Waals surface area contributed by atoms with E-state index in [1.54, 1.807) is 24.6 Å². The summed E-state index contributed by atoms with van der Waals surface area (Å²) in [5.41, 5.74) is 7.86. The second kappa shape index (κ2) is 4.86. The monoisotopic (exact) mass is 296 g/mol. The van der Waals surface area contributed by atoms with Crippen molar-refractivity contribution < 1.29 is 4.74 Å². The normalized spacial score (nSPS) is 14.3. The van der Waals surface area contributed by atoms with Gasteiger partial charge in [-0.2, -0.15) is 0 Å². The molecular weight excluding hydrogens is 284 g/mol. The molecule has 0 aliphatic carbocycles. The number of anilines is 2. The van der Waals surface area contributed by atoms with Crippen LogP contribution in [-0.2, 0) is 13.0 Å². The number of nitrogens with zero attached hydrogens (tertiary/aromatic N) is 3. The molecule has 0 bridgehead atoms. The molecule has 2 aromatic heterocycles. The molecule has 100 valence electrons. The number of pyridine rings is 1. The molecule has 0 unspecified atom stereocenters. The van der Waals surface area contributed by atoms with Gasteiger partial charge in [-0.1, -0.05) is 11.6 Å². The van der Waals surface area contributed by atoms with E-state index in [0.29, 0.717) is 16.0 Å². The summed E-state index contributed by atoms with van der Waals surface area (Å²) in [6, 6.07) is 1.91. The fourth-order valence-corrected chi connectivity index (χ4v) is 3.24. The number of aromatic nitrogens is 2. The smallest absolute Gasteiger partial charge is 0.180 e. The number of nitrogens with two attached hydrogens (primary N) is 1. The Kier molecular flexibility index (Phi) is 3.20. The third-order valence-electron chi connectivity index (χ3n) is 3.13. The third kappa shape index (κ3) is 2.33. The first-order chi connectivity index (χ1) is 9.17. The molecule has 1 aliphatic rings. The van der Waals surface area contributed by atoms with E-state index in [-0.39, 0.29) is 0 Å². The van der Waals surface area contributed by atoms with Crippen molar-refractivity contribution in [3.8, 4) is 5.75 Å². The average molecular weight is 297 g/mol. The quantitative estimate of drug-likeness (QED) is 0.862. The standard InChI is InChI=1S/C12H13ClN4OS/c1-18-9-4-7(5-15-11(9)13)17-3-2-8-10(6-17)19-12(14)16-8/h4-5H,2-3,6H2,1H3,(H2,14,16). The van der Waals surface area contributed by atoms with Crippen LogP contribution in [0.25, 0.3) is 0 Å². The fourth-order valence-electron chi connectivity index (χ4n) is 2.17. The molecule has 0 saturated carbocycles. The number of hydrogen-bond acceptors (Lipinski definition) is 6. The van der Waals surface area contributed by atoms with Gasteiger partial charge in [-0.3, -0.25) is 0 Å². The van der Waals surface area contributed by atoms with E-state index in [0.717, 1.165) is 30.9 Å². The van der Waals surface area contributed by atoms with Crippen LogP contribution in [-0.4, -0.2) is 23.6 Å². The van der Waals surface area contributed by atoms with Crippen molar-refractivity contribution in [2.75, 3.05) is 24.3 Å². The molecule has 0 aromatic carbocycles. The van der Waals surface area contributed by atoms with Crippen LogP contribution in [0.2, 0.25) is 5.15 Å². The molecule has 5 nitrogen and oxygen atoms in total. The maximum Gasteiger partial charge on any atom is 0.180 e. The van der Waals surface area contributed by atoms with E-state index < -0.39 is 0 Å². The van der Waals surface area contributed by atoms with Crippen LogP contribution in [0.1, 0.15) is 10.6 Å². The highest BCUT2D eigenvalue weighted by molar-refractivity contribution is 7.15. The van der Waals surface area contributed by atoms with Crippen molar-refractivity contribution in [1.29, 1.82) is 0 Å². The summed E-state index contributed by atoms with van der Waals surface area (Å²) in [4.78, 5) is 11.9. The SMILES string of the molecule is COc1cc(N2CCc3nc(N)sc3C2)cnc1Cl. The Labute approximate surface area is 120 Å². The number of nitrogen functional groups attached to an aromatic ring is 1. The van der Waals surface area contributed by atoms with Gasteiger partial charge in [0.15, 0.2) is 16.0 Å². The Morgan fingerprint density at radius 1 is 1.53 bits per heavy atom. The maximum absolute atomic E-state index is 5.94. The van der Waals surface area contributed by atoms with Crippen LogP contribution in [0, 0.1) is 0 Å². The molecule has 0 radical (unpaired) electrons. The van der Waals surface area contributed by atoms with Crippen molar-refractivity contribution in [1.82, 2.24) is 9.97 Å². The highest BCUT2D eigenvalue weighted by Gasteiger charge is 2.21. The zero-order chi connectivity index (χ0) is 13.4. The molecule has 0 fully saturated rings. The second-order valence-corrected chi connectivity index (χ2v) is 5.75. The summed E-state index contributed by atoms with van der Waals surface area (Å²) in [5.74, 6) is 0.591. The molecule has 0 amide bonds. The molecule has 2 N–H and O–H groups in total. The first kappa shape index (κ1) is 12.5. The van der Waals surface area contributed by atoms with Gasteiger partial charge >= 0.3 is 0 Å². The molecule has 0 atom stereocenters. The van der Waals surface area contributed by atoms with Crippen molar-refractivity contribution in [2.24, 2.45) is 0 Å². The first-order valence-corrected chi connectivity index (χ1v) is 7.05. The van der Waals surface area contributed by atoms with Gasteiger partial charge in [0.05, 0.1) is 31.2 Å². The van der Waals surface area contributed by atoms with Crippen molar-refractivity contribution >= 4 is 33.8 Å². The molecule has 3 heterocycles. The lowest BCUT2D eigenvalue weighted by Gasteiger charge is -2.28. The Balaban J connectivity index is 1.88. The average Bonchev–Trinajstić information content (AvgIpc) is 2.78. The minimum Gasteiger partial charge on any atom is -0.493 e. The van der Waals surface area contributed by atoms with E-state index in [1.165, 1.54) is 4.88 Å². The Morgan fingerprint density at radius 3 is 3.16 bits per heavy atom. The predicted octanol–water partition coefficient (Wildman–Crippen LogP) is 2.35. The topological polar surface area (TPSA) is 64.3 Å². The number of methoxy groups -OCH3 is 1. The summed E-state index contributed by atoms with van der Waals surface area (Å²) in [5, 5.41) is 1.02. The van der Waals surface area contributed by atoms with Crippen LogP contribution < -0.4 is 15.4 Å². The van der Waals surface area contributed by atoms with E-state index in [4.69, 9.17) is 22.1 Å². The Bertz CT molecular complexity index is 616. The zero-order valence-electron chi connectivity index (χ0n) is 10.4. The number of ether oxygens (including phenoxy) is 1. The number of fused-ring (bicyclic) bond motifs is 1. The van der Waals surface area contributed by atoms with Gasteiger partial charge < -0.3 is 15.4 Å². The number of hydrogen-bond donors (Lipinski definition) is 1. The van der Waals surface area contributed by atoms with Gasteiger partial charge in [-0.05, 0) is 0 Å². The van der Waals surface area contributed by atoms with E-state index in [2.05, 4.69) is 14.9 Å². The number of thiazole rings is 1. The van der Waals surface area contributed by atoms with Crippen molar-refractivity contribution in [2.45, 2.75) is 13.0 Å². The van der Waals surface area contributed by atoms with E-state index >= 15 is 0 Å². The van der Waals surface area contributed by atoms with Gasteiger partial charge in [-0.25, -0.2) is 9.97 Å². The van der Waals surface area contributed by atoms with Gasteiger partial charge in [-0.15, -0.1) is 11.3 Å². The highest BCUT2D eigenvalue weighted by atomic mass is 35.5. The molecule has 1 aliphatic heterocycles. The highest BCUT2D eigenvalue weighted by Crippen LogP contribution is 2.32. The van der Waals surface area contributed by atoms with E-state index in [9.17, 15) is 0 Å². The summed E-state index contributed by atoms with van der Waals surface area (Å²) in [6.07, 6.45) is 2.66. The summed E-state index contributed by atoms with van der Waals surface area (Å²) in [7, 11) is 1.59. The predicted molar refractivity (Wildman–Crippen MR) is 77.1 cm³/mol. The van der Waals surface area contributed by atoms with Gasteiger partial charge in [0.1, 0.15) is 0 Å². The maximum atomic E-state index is 5.94. The second-order valence-electron chi connectivity index (χ2n) is 4.28. The largest absolute Gasteiger partial charge is 0.493 e. The van der Waals surface area contributed by atoms with Crippen molar-refractivity contribution in [3.63, 3.8) is 0 Å². The minimum atomic E-state index is 0.381. The number of rotatable bonds is 2. The van der Waals surface area contributed by atoms with Crippen LogP contribution in [0.3, 0.4) is 0 Å². The van der Waals surface area contributed by atoms with Crippen molar-refractivity contribution in [3.05, 3.63) is 28.0 Å². The Morgan fingerprint density at radius 2 is 2.37 bits per heavy atom. The fraction of sp³-hybridized carbons (Fsp3) is 0.333. The lowest BCUT2D eigenvalue weighted by molar-refractivity contribution is 0.413. The summed E-state index contributed by atoms with van der Waals surface area (Å²) < 4.78 is 5.20. The molecule has 2 aromatic rings. The van der Waals surface area contributed by atoms with Gasteiger partial charge in [0.2, 0.25) is 0 Å². The van der Waals surface area contributed by atoms with E-state index in [1.807, 2.05) is 6.07 Å². The Hall–Kier alpha value is -1.53. The summed E-state index contributed by atoms with van der Waals surface area (Å²) >= 11 is 7.49. The minimum absolute atomic E-state index is 0.381. The first-order valence-electron chi connectivity index (χ1n) is 5.86. The van der Waals surface area contributed by atoms with Crippen LogP contribution >= 0.6 is 22.9 Å². The van der Waals surface area contributed by atoms with Crippen LogP contribution in [0.15, 0.2) is 12.3 Å². The summed E-state index contributed by atoms with van der Waals surface area (Å²) in [6.45, 7) is 1.69. The molecular formula is C12H13ClN4OS. The zero-order valence-corrected chi connectivity index (χ0v) is 12.0. The third-order valence-corrected chi connectivity index (χ3v) is 4.32. The molecule has 0 saturated heterocycles. The lowest BCUT2D eigenvalue weighted by Crippen LogP contribution is -2.29. The van der Waals surface area contributed by atoms with Gasteiger partial charge in [0, 0.05) is 23.9 Å². The van der Waals surface area contributed by atoms with Gasteiger partial charge in [0.25, 0.3) is 0 Å². The number of halogens is 1. The van der Waals surface area contributed by atoms with Crippen LogP contribution in [0.5, 0.6) is 5.75 Å².